The Morgan fingerprint density at radius 3 is 2.39 bits per heavy atom. The second-order valence-electron chi connectivity index (χ2n) is 8.26. The predicted octanol–water partition coefficient (Wildman–Crippen LogP) is 4.08. The number of nitrogens with one attached hydrogen (secondary N) is 1. The fourth-order valence-corrected chi connectivity index (χ4v) is 4.11. The first-order valence-corrected chi connectivity index (χ1v) is 11.0. The maximum absolute atomic E-state index is 13.1. The first kappa shape index (κ1) is 22.3. The molecule has 2 aromatic carbocycles. The smallest absolute Gasteiger partial charge is 0.333 e. The Bertz CT molecular complexity index is 1220. The summed E-state index contributed by atoms with van der Waals surface area (Å²) in [5, 5.41) is 16.8. The fraction of sp³-hybridized carbons (Fsp3) is 0.308. The van der Waals surface area contributed by atoms with Crippen molar-refractivity contribution in [2.75, 3.05) is 6.61 Å². The van der Waals surface area contributed by atoms with Crippen LogP contribution in [0.5, 0.6) is 0 Å². The lowest BCUT2D eigenvalue weighted by atomic mass is 9.96. The van der Waals surface area contributed by atoms with E-state index in [4.69, 9.17) is 4.74 Å². The van der Waals surface area contributed by atoms with Gasteiger partial charge in [-0.2, -0.15) is 10.4 Å². The highest BCUT2D eigenvalue weighted by molar-refractivity contribution is 5.97. The number of carbonyl (C=O) groups is 2. The molecule has 3 aromatic rings. The molecule has 33 heavy (non-hydrogen) atoms. The van der Waals surface area contributed by atoms with Crippen LogP contribution in [-0.2, 0) is 14.9 Å². The molecule has 0 unspecified atom stereocenters. The van der Waals surface area contributed by atoms with Gasteiger partial charge in [-0.05, 0) is 63.4 Å². The van der Waals surface area contributed by atoms with E-state index < -0.39 is 23.3 Å². The number of aryl methyl sites for hydroxylation is 1. The van der Waals surface area contributed by atoms with Gasteiger partial charge in [0.2, 0.25) is 0 Å². The molecule has 1 fully saturated rings. The topological polar surface area (TPSA) is 97.0 Å². The van der Waals surface area contributed by atoms with Crippen LogP contribution in [0.4, 0.5) is 0 Å². The van der Waals surface area contributed by atoms with E-state index in [9.17, 15) is 14.9 Å². The molecular formula is C26H26N4O3. The standard InChI is InChI=1S/C26H26N4O3/c1-4-33-25(32)23(22-17(2)29-30(18(22)3)21-8-6-5-7-9-21)28-24(31)19-10-12-20(13-11-19)26(16-27)14-15-26/h5-13,23H,4,14-15H2,1-3H3,(H,28,31)/t23-/m0/s1. The summed E-state index contributed by atoms with van der Waals surface area (Å²) < 4.78 is 7.04. The van der Waals surface area contributed by atoms with Gasteiger partial charge < -0.3 is 10.1 Å². The van der Waals surface area contributed by atoms with Gasteiger partial charge in [-0.3, -0.25) is 4.79 Å². The molecule has 0 radical (unpaired) electrons. The SMILES string of the molecule is CCOC(=O)[C@@H](NC(=O)c1ccc(C2(C#N)CC2)cc1)c1c(C)nn(-c2ccccc2)c1C. The molecule has 7 nitrogen and oxygen atoms in total. The lowest BCUT2D eigenvalue weighted by molar-refractivity contribution is -0.145. The number of nitrogens with zero attached hydrogens (tertiary/aromatic N) is 3. The molecule has 1 amide bonds. The molecule has 0 bridgehead atoms. The third-order valence-electron chi connectivity index (χ3n) is 6.10. The molecule has 1 aromatic heterocycles. The van der Waals surface area contributed by atoms with Crippen LogP contribution in [0.15, 0.2) is 54.6 Å². The van der Waals surface area contributed by atoms with Gasteiger partial charge in [0.15, 0.2) is 6.04 Å². The molecule has 1 saturated carbocycles. The van der Waals surface area contributed by atoms with Crippen molar-refractivity contribution in [2.45, 2.75) is 45.1 Å². The number of carbonyl (C=O) groups excluding carboxylic acids is 2. The minimum absolute atomic E-state index is 0.195. The molecule has 0 saturated heterocycles. The van der Waals surface area contributed by atoms with Gasteiger partial charge in [-0.15, -0.1) is 0 Å². The van der Waals surface area contributed by atoms with Crippen LogP contribution in [-0.4, -0.2) is 28.3 Å². The van der Waals surface area contributed by atoms with Crippen LogP contribution >= 0.6 is 0 Å². The zero-order chi connectivity index (χ0) is 23.6. The zero-order valence-corrected chi connectivity index (χ0v) is 19.0. The van der Waals surface area contributed by atoms with Crippen molar-refractivity contribution in [2.24, 2.45) is 0 Å². The summed E-state index contributed by atoms with van der Waals surface area (Å²) in [5.74, 6) is -0.935. The average molecular weight is 443 g/mol. The van der Waals surface area contributed by atoms with E-state index in [0.29, 0.717) is 16.8 Å². The zero-order valence-electron chi connectivity index (χ0n) is 19.0. The monoisotopic (exact) mass is 442 g/mol. The Morgan fingerprint density at radius 1 is 1.15 bits per heavy atom. The molecule has 168 valence electrons. The van der Waals surface area contributed by atoms with Crippen LogP contribution in [0, 0.1) is 25.2 Å². The average Bonchev–Trinajstić information content (AvgIpc) is 3.58. The first-order chi connectivity index (χ1) is 15.9. The molecular weight excluding hydrogens is 416 g/mol. The largest absolute Gasteiger partial charge is 0.464 e. The van der Waals surface area contributed by atoms with Gasteiger partial charge in [0.1, 0.15) is 0 Å². The minimum Gasteiger partial charge on any atom is -0.464 e. The van der Waals surface area contributed by atoms with E-state index in [1.165, 1.54) is 0 Å². The van der Waals surface area contributed by atoms with Crippen molar-refractivity contribution in [3.05, 3.63) is 82.7 Å². The normalized spacial score (nSPS) is 14.7. The molecule has 0 aliphatic heterocycles. The van der Waals surface area contributed by atoms with Crippen LogP contribution in [0.2, 0.25) is 0 Å². The Kier molecular flexibility index (Phi) is 6.01. The molecule has 1 aliphatic carbocycles. The van der Waals surface area contributed by atoms with Crippen LogP contribution < -0.4 is 5.32 Å². The van der Waals surface area contributed by atoms with E-state index in [1.54, 1.807) is 23.7 Å². The van der Waals surface area contributed by atoms with Crippen molar-refractivity contribution < 1.29 is 14.3 Å². The third kappa shape index (κ3) is 4.24. The van der Waals surface area contributed by atoms with Crippen LogP contribution in [0.1, 0.15) is 58.7 Å². The highest BCUT2D eigenvalue weighted by Gasteiger charge is 2.44. The van der Waals surface area contributed by atoms with E-state index in [-0.39, 0.29) is 6.61 Å². The van der Waals surface area contributed by atoms with Crippen LogP contribution in [0.3, 0.4) is 0 Å². The highest BCUT2D eigenvalue weighted by atomic mass is 16.5. The number of amides is 1. The minimum atomic E-state index is -0.997. The van der Waals surface area contributed by atoms with Crippen molar-refractivity contribution in [3.8, 4) is 11.8 Å². The van der Waals surface area contributed by atoms with E-state index >= 15 is 0 Å². The Morgan fingerprint density at radius 2 is 1.82 bits per heavy atom. The molecule has 1 N–H and O–H groups in total. The van der Waals surface area contributed by atoms with Crippen molar-refractivity contribution in [3.63, 3.8) is 0 Å². The summed E-state index contributed by atoms with van der Waals surface area (Å²) in [6.07, 6.45) is 1.67. The van der Waals surface area contributed by atoms with Crippen molar-refractivity contribution in [1.29, 1.82) is 5.26 Å². The quantitative estimate of drug-likeness (QED) is 0.556. The number of ether oxygens (including phenoxy) is 1. The number of rotatable bonds is 7. The number of benzene rings is 2. The van der Waals surface area contributed by atoms with Gasteiger partial charge in [-0.25, -0.2) is 9.48 Å². The third-order valence-corrected chi connectivity index (χ3v) is 6.10. The summed E-state index contributed by atoms with van der Waals surface area (Å²) in [6, 6.07) is 18.0. The summed E-state index contributed by atoms with van der Waals surface area (Å²) >= 11 is 0. The van der Waals surface area contributed by atoms with Crippen molar-refractivity contribution >= 4 is 11.9 Å². The Labute approximate surface area is 193 Å². The highest BCUT2D eigenvalue weighted by Crippen LogP contribution is 2.47. The van der Waals surface area contributed by atoms with Gasteiger partial charge in [-0.1, -0.05) is 30.3 Å². The van der Waals surface area contributed by atoms with E-state index in [2.05, 4.69) is 16.5 Å². The Balaban J connectivity index is 1.64. The number of aromatic nitrogens is 2. The van der Waals surface area contributed by atoms with E-state index in [0.717, 1.165) is 29.8 Å². The number of para-hydroxylation sites is 1. The van der Waals surface area contributed by atoms with Gasteiger partial charge in [0.05, 0.1) is 29.5 Å². The van der Waals surface area contributed by atoms with Crippen molar-refractivity contribution in [1.82, 2.24) is 15.1 Å². The van der Waals surface area contributed by atoms with Gasteiger partial charge in [0.25, 0.3) is 5.91 Å². The molecule has 1 heterocycles. The summed E-state index contributed by atoms with van der Waals surface area (Å²) in [4.78, 5) is 26.0. The Hall–Kier alpha value is -3.92. The summed E-state index contributed by atoms with van der Waals surface area (Å²) in [5.41, 5.74) is 3.77. The predicted molar refractivity (Wildman–Crippen MR) is 123 cm³/mol. The first-order valence-electron chi connectivity index (χ1n) is 11.0. The van der Waals surface area contributed by atoms with E-state index in [1.807, 2.05) is 56.3 Å². The maximum atomic E-state index is 13.1. The van der Waals surface area contributed by atoms with Crippen LogP contribution in [0.25, 0.3) is 5.69 Å². The molecule has 1 aliphatic rings. The number of hydrogen-bond donors (Lipinski definition) is 1. The molecule has 7 heteroatoms. The molecule has 1 atom stereocenters. The molecule has 0 spiro atoms. The van der Waals surface area contributed by atoms with Gasteiger partial charge in [0, 0.05) is 16.8 Å². The maximum Gasteiger partial charge on any atom is 0.333 e. The van der Waals surface area contributed by atoms with Gasteiger partial charge >= 0.3 is 5.97 Å². The fourth-order valence-electron chi connectivity index (χ4n) is 4.11. The number of esters is 1. The number of hydrogen-bond acceptors (Lipinski definition) is 5. The second-order valence-corrected chi connectivity index (χ2v) is 8.26. The molecule has 4 rings (SSSR count). The second kappa shape index (κ2) is 8.91. The lowest BCUT2D eigenvalue weighted by Gasteiger charge is -2.18. The lowest BCUT2D eigenvalue weighted by Crippen LogP contribution is -2.35. The summed E-state index contributed by atoms with van der Waals surface area (Å²) in [6.45, 7) is 5.60. The number of nitriles is 1. The summed E-state index contributed by atoms with van der Waals surface area (Å²) in [7, 11) is 0.